The van der Waals surface area contributed by atoms with Gasteiger partial charge in [0.05, 0.1) is 11.8 Å². The molecule has 14 heavy (non-hydrogen) atoms. The van der Waals surface area contributed by atoms with Crippen LogP contribution < -0.4 is 5.32 Å². The highest BCUT2D eigenvalue weighted by atomic mass is 79.9. The van der Waals surface area contributed by atoms with Gasteiger partial charge in [-0.1, -0.05) is 0 Å². The molecule has 1 fully saturated rings. The van der Waals surface area contributed by atoms with Gasteiger partial charge in [0.15, 0.2) is 0 Å². The zero-order chi connectivity index (χ0) is 9.97. The number of hydrogen-bond donors (Lipinski definition) is 2. The summed E-state index contributed by atoms with van der Waals surface area (Å²) in [4.78, 5) is 13.7. The van der Waals surface area contributed by atoms with E-state index in [0.29, 0.717) is 10.2 Å². The Hall–Kier alpha value is -0.880. The molecule has 6 heteroatoms. The van der Waals surface area contributed by atoms with Crippen molar-refractivity contribution in [2.24, 2.45) is 0 Å². The van der Waals surface area contributed by atoms with Gasteiger partial charge in [0.25, 0.3) is 5.91 Å². The minimum atomic E-state index is 0.0344. The number of piperazine rings is 1. The van der Waals surface area contributed by atoms with Crippen LogP contribution >= 0.6 is 15.9 Å². The first-order valence-electron chi connectivity index (χ1n) is 4.48. The molecule has 1 aliphatic heterocycles. The van der Waals surface area contributed by atoms with Gasteiger partial charge in [-0.2, -0.15) is 5.10 Å². The normalized spacial score (nSPS) is 17.1. The van der Waals surface area contributed by atoms with Gasteiger partial charge in [-0.3, -0.25) is 9.89 Å². The molecule has 2 heterocycles. The summed E-state index contributed by atoms with van der Waals surface area (Å²) in [7, 11) is 0. The molecule has 1 amide bonds. The summed E-state index contributed by atoms with van der Waals surface area (Å²) in [6.07, 6.45) is 1.55. The standard InChI is InChI=1S/C8H11BrN4O/c9-7-6(5-11-12-7)8(14)13-3-1-10-2-4-13/h5,10H,1-4H2,(H,11,12). The molecule has 0 aromatic carbocycles. The highest BCUT2D eigenvalue weighted by molar-refractivity contribution is 9.10. The molecule has 2 rings (SSSR count). The molecule has 0 atom stereocenters. The lowest BCUT2D eigenvalue weighted by Gasteiger charge is -2.27. The first-order chi connectivity index (χ1) is 6.79. The van der Waals surface area contributed by atoms with Crippen molar-refractivity contribution in [2.75, 3.05) is 26.2 Å². The average Bonchev–Trinajstić information content (AvgIpc) is 2.65. The van der Waals surface area contributed by atoms with Crippen molar-refractivity contribution < 1.29 is 4.79 Å². The van der Waals surface area contributed by atoms with Gasteiger partial charge in [-0.05, 0) is 15.9 Å². The number of aromatic amines is 1. The predicted molar refractivity (Wildman–Crippen MR) is 55.1 cm³/mol. The Labute approximate surface area is 90.0 Å². The Morgan fingerprint density at radius 2 is 2.21 bits per heavy atom. The van der Waals surface area contributed by atoms with E-state index in [9.17, 15) is 4.79 Å². The smallest absolute Gasteiger partial charge is 0.258 e. The van der Waals surface area contributed by atoms with Gasteiger partial charge in [-0.25, -0.2) is 0 Å². The lowest BCUT2D eigenvalue weighted by atomic mass is 10.2. The zero-order valence-electron chi connectivity index (χ0n) is 7.59. The minimum Gasteiger partial charge on any atom is -0.336 e. The molecule has 1 aromatic heterocycles. The fourth-order valence-electron chi connectivity index (χ4n) is 1.46. The van der Waals surface area contributed by atoms with E-state index in [0.717, 1.165) is 26.2 Å². The predicted octanol–water partition coefficient (Wildman–Crippen LogP) is 0.218. The Morgan fingerprint density at radius 3 is 2.79 bits per heavy atom. The lowest BCUT2D eigenvalue weighted by Crippen LogP contribution is -2.46. The van der Waals surface area contributed by atoms with Gasteiger partial charge in [0.2, 0.25) is 0 Å². The molecule has 0 aliphatic carbocycles. The van der Waals surface area contributed by atoms with E-state index in [1.165, 1.54) is 0 Å². The van der Waals surface area contributed by atoms with E-state index in [1.54, 1.807) is 6.20 Å². The van der Waals surface area contributed by atoms with Crippen LogP contribution in [-0.4, -0.2) is 47.2 Å². The van der Waals surface area contributed by atoms with Crippen molar-refractivity contribution in [3.8, 4) is 0 Å². The van der Waals surface area contributed by atoms with Gasteiger partial charge < -0.3 is 10.2 Å². The van der Waals surface area contributed by atoms with Crippen LogP contribution in [0.1, 0.15) is 10.4 Å². The second-order valence-electron chi connectivity index (χ2n) is 3.14. The number of nitrogens with one attached hydrogen (secondary N) is 2. The van der Waals surface area contributed by atoms with Crippen molar-refractivity contribution in [1.82, 2.24) is 20.4 Å². The molecule has 1 aliphatic rings. The Balaban J connectivity index is 2.11. The molecule has 0 unspecified atom stereocenters. The summed E-state index contributed by atoms with van der Waals surface area (Å²) in [6, 6.07) is 0. The highest BCUT2D eigenvalue weighted by Crippen LogP contribution is 2.14. The summed E-state index contributed by atoms with van der Waals surface area (Å²) in [5.41, 5.74) is 0.604. The molecule has 5 nitrogen and oxygen atoms in total. The number of carbonyl (C=O) groups excluding carboxylic acids is 1. The maximum atomic E-state index is 11.9. The number of halogens is 1. The van der Waals surface area contributed by atoms with Gasteiger partial charge in [0.1, 0.15) is 4.60 Å². The maximum Gasteiger partial charge on any atom is 0.258 e. The van der Waals surface area contributed by atoms with Gasteiger partial charge in [-0.15, -0.1) is 0 Å². The van der Waals surface area contributed by atoms with Crippen LogP contribution in [0, 0.1) is 0 Å². The Bertz CT molecular complexity index is 332. The van der Waals surface area contributed by atoms with Crippen LogP contribution in [0.15, 0.2) is 10.8 Å². The average molecular weight is 259 g/mol. The molecule has 0 radical (unpaired) electrons. The monoisotopic (exact) mass is 258 g/mol. The number of rotatable bonds is 1. The fraction of sp³-hybridized carbons (Fsp3) is 0.500. The second-order valence-corrected chi connectivity index (χ2v) is 3.93. The number of hydrogen-bond acceptors (Lipinski definition) is 3. The summed E-state index contributed by atoms with van der Waals surface area (Å²) < 4.78 is 0.654. The topological polar surface area (TPSA) is 61.0 Å². The second kappa shape index (κ2) is 4.10. The zero-order valence-corrected chi connectivity index (χ0v) is 9.17. The van der Waals surface area contributed by atoms with Crippen LogP contribution in [0.3, 0.4) is 0 Å². The first kappa shape index (κ1) is 9.67. The molecule has 0 bridgehead atoms. The Morgan fingerprint density at radius 1 is 1.50 bits per heavy atom. The molecule has 0 spiro atoms. The molecular formula is C8H11BrN4O. The number of carbonyl (C=O) groups is 1. The first-order valence-corrected chi connectivity index (χ1v) is 5.27. The van der Waals surface area contributed by atoms with E-state index in [2.05, 4.69) is 31.4 Å². The quantitative estimate of drug-likeness (QED) is 0.758. The Kier molecular flexibility index (Phi) is 2.83. The molecule has 0 saturated carbocycles. The van der Waals surface area contributed by atoms with Gasteiger partial charge >= 0.3 is 0 Å². The molecule has 1 aromatic rings. The molecule has 1 saturated heterocycles. The fourth-order valence-corrected chi connectivity index (χ4v) is 1.83. The third kappa shape index (κ3) is 1.80. The van der Waals surface area contributed by atoms with Crippen LogP contribution in [0.5, 0.6) is 0 Å². The number of amides is 1. The summed E-state index contributed by atoms with van der Waals surface area (Å²) in [6.45, 7) is 3.25. The van der Waals surface area contributed by atoms with Crippen molar-refractivity contribution in [1.29, 1.82) is 0 Å². The third-order valence-electron chi connectivity index (χ3n) is 2.23. The van der Waals surface area contributed by atoms with E-state index < -0.39 is 0 Å². The largest absolute Gasteiger partial charge is 0.336 e. The van der Waals surface area contributed by atoms with Crippen molar-refractivity contribution >= 4 is 21.8 Å². The highest BCUT2D eigenvalue weighted by Gasteiger charge is 2.20. The van der Waals surface area contributed by atoms with E-state index >= 15 is 0 Å². The van der Waals surface area contributed by atoms with Crippen molar-refractivity contribution in [2.45, 2.75) is 0 Å². The molecule has 2 N–H and O–H groups in total. The number of aromatic nitrogens is 2. The minimum absolute atomic E-state index is 0.0344. The number of nitrogens with zero attached hydrogens (tertiary/aromatic N) is 2. The third-order valence-corrected chi connectivity index (χ3v) is 2.83. The SMILES string of the molecule is O=C(c1cn[nH]c1Br)N1CCNCC1. The van der Waals surface area contributed by atoms with E-state index in [1.807, 2.05) is 4.90 Å². The van der Waals surface area contributed by atoms with E-state index in [4.69, 9.17) is 0 Å². The summed E-state index contributed by atoms with van der Waals surface area (Å²) in [5.74, 6) is 0.0344. The maximum absolute atomic E-state index is 11.9. The summed E-state index contributed by atoms with van der Waals surface area (Å²) >= 11 is 3.25. The van der Waals surface area contributed by atoms with Crippen LogP contribution in [0.25, 0.3) is 0 Å². The molecular weight excluding hydrogens is 248 g/mol. The van der Waals surface area contributed by atoms with Crippen LogP contribution in [0.2, 0.25) is 0 Å². The van der Waals surface area contributed by atoms with Crippen molar-refractivity contribution in [3.05, 3.63) is 16.4 Å². The summed E-state index contributed by atoms with van der Waals surface area (Å²) in [5, 5.41) is 9.70. The lowest BCUT2D eigenvalue weighted by molar-refractivity contribution is 0.0735. The molecule has 76 valence electrons. The van der Waals surface area contributed by atoms with Crippen LogP contribution in [0.4, 0.5) is 0 Å². The van der Waals surface area contributed by atoms with Crippen LogP contribution in [-0.2, 0) is 0 Å². The van der Waals surface area contributed by atoms with E-state index in [-0.39, 0.29) is 5.91 Å². The van der Waals surface area contributed by atoms with Crippen molar-refractivity contribution in [3.63, 3.8) is 0 Å². The van der Waals surface area contributed by atoms with Gasteiger partial charge in [0, 0.05) is 26.2 Å². The number of H-pyrrole nitrogens is 1.